The van der Waals surface area contributed by atoms with Gasteiger partial charge in [-0.25, -0.2) is 0 Å². The van der Waals surface area contributed by atoms with Crippen molar-refractivity contribution in [1.82, 2.24) is 10.2 Å². The van der Waals surface area contributed by atoms with Gasteiger partial charge in [0.05, 0.1) is 18.8 Å². The lowest BCUT2D eigenvalue weighted by molar-refractivity contribution is -0.645. The van der Waals surface area contributed by atoms with Crippen LogP contribution in [0, 0.1) is 5.21 Å². The molecule has 262 valence electrons. The van der Waals surface area contributed by atoms with Crippen molar-refractivity contribution in [2.45, 2.75) is 68.2 Å². The van der Waals surface area contributed by atoms with Crippen molar-refractivity contribution in [3.05, 3.63) is 125 Å². The number of aromatic nitrogens is 1. The van der Waals surface area contributed by atoms with Gasteiger partial charge in [-0.1, -0.05) is 78.5 Å². The number of nitrogens with one attached hydrogen (secondary N) is 1. The molecule has 4 unspecified atom stereocenters. The Labute approximate surface area is 291 Å². The summed E-state index contributed by atoms with van der Waals surface area (Å²) in [5.74, 6) is -2.07. The number of carbonyl (C=O) groups excluding carboxylic acids is 2. The van der Waals surface area contributed by atoms with Crippen LogP contribution in [0.4, 0.5) is 13.2 Å². The monoisotopic (exact) mass is 707 g/mol. The zero-order chi connectivity index (χ0) is 35.3. The molecule has 3 aromatic carbocycles. The third-order valence-electron chi connectivity index (χ3n) is 8.79. The summed E-state index contributed by atoms with van der Waals surface area (Å²) in [6.07, 6.45) is -3.67. The number of carbonyl (C=O) groups is 2. The van der Waals surface area contributed by atoms with Crippen molar-refractivity contribution in [1.29, 1.82) is 0 Å². The highest BCUT2D eigenvalue weighted by atomic mass is 32.2. The predicted octanol–water partition coefficient (Wildman–Crippen LogP) is 5.99. The highest BCUT2D eigenvalue weighted by Gasteiger charge is 2.47. The molecule has 0 radical (unpaired) electrons. The largest absolute Gasteiger partial charge is 0.618 e. The molecule has 6 rings (SSSR count). The van der Waals surface area contributed by atoms with Crippen LogP contribution in [0.5, 0.6) is 0 Å². The topological polar surface area (TPSA) is 115 Å². The summed E-state index contributed by atoms with van der Waals surface area (Å²) in [7, 11) is 0. The number of ether oxygens (including phenoxy) is 2. The molecule has 50 heavy (non-hydrogen) atoms. The molecule has 2 saturated heterocycles. The van der Waals surface area contributed by atoms with Crippen LogP contribution in [0.25, 0.3) is 11.1 Å². The zero-order valence-corrected chi connectivity index (χ0v) is 27.7. The summed E-state index contributed by atoms with van der Waals surface area (Å²) in [6, 6.07) is 26.9. The number of alkyl halides is 3. The third-order valence-corrected chi connectivity index (χ3v) is 9.94. The van der Waals surface area contributed by atoms with Crippen molar-refractivity contribution in [3.63, 3.8) is 0 Å². The van der Waals surface area contributed by atoms with Crippen LogP contribution in [-0.4, -0.2) is 52.4 Å². The van der Waals surface area contributed by atoms with E-state index in [1.165, 1.54) is 18.0 Å². The molecule has 2 N–H and O–H groups in total. The minimum Gasteiger partial charge on any atom is -0.618 e. The van der Waals surface area contributed by atoms with Gasteiger partial charge in [-0.2, -0.15) is 17.9 Å². The van der Waals surface area contributed by atoms with Crippen LogP contribution in [-0.2, 0) is 32.2 Å². The van der Waals surface area contributed by atoms with E-state index in [-0.39, 0.29) is 38.3 Å². The highest BCUT2D eigenvalue weighted by Crippen LogP contribution is 2.39. The van der Waals surface area contributed by atoms with E-state index in [0.29, 0.717) is 28.5 Å². The number of amides is 2. The van der Waals surface area contributed by atoms with E-state index < -0.39 is 30.3 Å². The van der Waals surface area contributed by atoms with Crippen LogP contribution in [0.1, 0.15) is 53.9 Å². The standard InChI is InChI=1S/C37H36F3N3O6S/c38-37(39,40)36(46)42-17-4-7-31(42)34(45)41-21-25-5-3-6-29(19-25)26-13-15-28(16-14-26)35-48-30(23-50-33-8-1-2-18-43(33)47)20-32(49-35)27-11-9-24(22-44)10-12-27/h1-3,5-6,8-16,18-19,30-32,35,44H,4,7,17,20-23H2,(H,41,45). The predicted molar refractivity (Wildman–Crippen MR) is 179 cm³/mol. The number of aliphatic hydroxyl groups is 1. The molecule has 4 atom stereocenters. The lowest BCUT2D eigenvalue weighted by Crippen LogP contribution is -2.50. The molecule has 3 heterocycles. The van der Waals surface area contributed by atoms with Crippen LogP contribution in [0.2, 0.25) is 0 Å². The van der Waals surface area contributed by atoms with E-state index in [1.54, 1.807) is 12.1 Å². The number of hydrogen-bond donors (Lipinski definition) is 2. The molecular formula is C37H36F3N3O6S. The van der Waals surface area contributed by atoms with Crippen molar-refractivity contribution in [2.24, 2.45) is 0 Å². The SMILES string of the molecule is O=C(NCc1cccc(-c2ccc(C3OC(CSc4cccc[n+]4[O-])CC(c4ccc(CO)cc4)O3)cc2)c1)C1CCCN1C(=O)C(F)(F)F. The minimum atomic E-state index is -5.03. The molecule has 4 aromatic rings. The first kappa shape index (κ1) is 35.4. The Morgan fingerprint density at radius 2 is 1.70 bits per heavy atom. The fourth-order valence-corrected chi connectivity index (χ4v) is 7.11. The first-order valence-corrected chi connectivity index (χ1v) is 17.2. The van der Waals surface area contributed by atoms with E-state index in [0.717, 1.165) is 38.1 Å². The second kappa shape index (κ2) is 15.6. The number of hydrogen-bond acceptors (Lipinski definition) is 7. The van der Waals surface area contributed by atoms with Crippen molar-refractivity contribution >= 4 is 23.6 Å². The van der Waals surface area contributed by atoms with Gasteiger partial charge in [-0.15, -0.1) is 0 Å². The van der Waals surface area contributed by atoms with Crippen molar-refractivity contribution in [3.8, 4) is 11.1 Å². The van der Waals surface area contributed by atoms with Crippen LogP contribution < -0.4 is 10.0 Å². The smallest absolute Gasteiger partial charge is 0.471 e. The van der Waals surface area contributed by atoms with Crippen molar-refractivity contribution < 1.29 is 42.1 Å². The Balaban J connectivity index is 1.13. The van der Waals surface area contributed by atoms with Gasteiger partial charge in [0.15, 0.2) is 12.5 Å². The fraction of sp³-hybridized carbons (Fsp3) is 0.324. The Morgan fingerprint density at radius 1 is 0.940 bits per heavy atom. The van der Waals surface area contributed by atoms with E-state index in [1.807, 2.05) is 78.9 Å². The molecule has 0 saturated carbocycles. The first-order valence-electron chi connectivity index (χ1n) is 16.3. The van der Waals surface area contributed by atoms with Crippen LogP contribution >= 0.6 is 11.8 Å². The molecule has 2 amide bonds. The highest BCUT2D eigenvalue weighted by molar-refractivity contribution is 7.99. The van der Waals surface area contributed by atoms with Gasteiger partial charge in [0.25, 0.3) is 5.03 Å². The Hall–Kier alpha value is -4.43. The quantitative estimate of drug-likeness (QED) is 0.118. The maximum atomic E-state index is 13.0. The number of pyridine rings is 1. The van der Waals surface area contributed by atoms with E-state index >= 15 is 0 Å². The maximum absolute atomic E-state index is 13.0. The van der Waals surface area contributed by atoms with Gasteiger partial charge < -0.3 is 30.0 Å². The minimum absolute atomic E-state index is 0.0559. The lowest BCUT2D eigenvalue weighted by Gasteiger charge is -2.36. The number of nitrogens with zero attached hydrogens (tertiary/aromatic N) is 2. The molecule has 2 aliphatic heterocycles. The van der Waals surface area contributed by atoms with Gasteiger partial charge in [-0.3, -0.25) is 9.59 Å². The normalized spacial score (nSPS) is 20.8. The average Bonchev–Trinajstić information content (AvgIpc) is 3.63. The van der Waals surface area contributed by atoms with Gasteiger partial charge in [0.1, 0.15) is 6.04 Å². The Morgan fingerprint density at radius 3 is 2.42 bits per heavy atom. The summed E-state index contributed by atoms with van der Waals surface area (Å²) >= 11 is 1.42. The molecule has 2 aliphatic rings. The summed E-state index contributed by atoms with van der Waals surface area (Å²) < 4.78 is 52.7. The number of aliphatic hydroxyl groups excluding tert-OH is 1. The van der Waals surface area contributed by atoms with Crippen LogP contribution in [0.3, 0.4) is 0 Å². The molecular weight excluding hydrogens is 671 g/mol. The number of benzene rings is 3. The van der Waals surface area contributed by atoms with Gasteiger partial charge in [-0.05, 0) is 52.8 Å². The van der Waals surface area contributed by atoms with E-state index in [9.17, 15) is 33.1 Å². The summed E-state index contributed by atoms with van der Waals surface area (Å²) in [5.41, 5.74) is 5.07. The Bertz CT molecular complexity index is 1790. The molecule has 2 fully saturated rings. The second-order valence-corrected chi connectivity index (χ2v) is 13.3. The number of thioether (sulfide) groups is 1. The van der Waals surface area contributed by atoms with Gasteiger partial charge >= 0.3 is 12.1 Å². The van der Waals surface area contributed by atoms with Gasteiger partial charge in [0, 0.05) is 43.0 Å². The van der Waals surface area contributed by atoms with Crippen LogP contribution in [0.15, 0.2) is 102 Å². The summed E-state index contributed by atoms with van der Waals surface area (Å²) in [4.78, 5) is 25.2. The maximum Gasteiger partial charge on any atom is 0.471 e. The first-order chi connectivity index (χ1) is 24.1. The summed E-state index contributed by atoms with van der Waals surface area (Å²) in [5, 5.41) is 25.0. The van der Waals surface area contributed by atoms with Gasteiger partial charge in [0.2, 0.25) is 5.91 Å². The molecule has 9 nitrogen and oxygen atoms in total. The number of rotatable bonds is 10. The fourth-order valence-electron chi connectivity index (χ4n) is 6.17. The molecule has 13 heteroatoms. The zero-order valence-electron chi connectivity index (χ0n) is 26.9. The van der Waals surface area contributed by atoms with E-state index in [4.69, 9.17) is 9.47 Å². The third kappa shape index (κ3) is 8.47. The molecule has 0 spiro atoms. The van der Waals surface area contributed by atoms with E-state index in [2.05, 4.69) is 5.32 Å². The molecule has 0 bridgehead atoms. The second-order valence-electron chi connectivity index (χ2n) is 12.2. The summed E-state index contributed by atoms with van der Waals surface area (Å²) in [6.45, 7) is -0.0693. The molecule has 0 aliphatic carbocycles. The Kier molecular flexibility index (Phi) is 11.1. The molecule has 1 aromatic heterocycles. The lowest BCUT2D eigenvalue weighted by atomic mass is 9.99. The number of likely N-dealkylation sites (tertiary alicyclic amines) is 1. The average molecular weight is 708 g/mol. The van der Waals surface area contributed by atoms with Crippen molar-refractivity contribution in [2.75, 3.05) is 12.3 Å². The number of halogens is 3.